The molecule has 2 rings (SSSR count). The molecule has 1 fully saturated rings. The van der Waals surface area contributed by atoms with Gasteiger partial charge >= 0.3 is 0 Å². The first-order valence-corrected chi connectivity index (χ1v) is 6.00. The van der Waals surface area contributed by atoms with Crippen molar-refractivity contribution in [3.63, 3.8) is 0 Å². The Morgan fingerprint density at radius 1 is 1.40 bits per heavy atom. The molecule has 0 aliphatic heterocycles. The summed E-state index contributed by atoms with van der Waals surface area (Å²) in [5, 5.41) is 0.673. The molecular weight excluding hydrogens is 208 g/mol. The zero-order valence-corrected chi connectivity index (χ0v) is 9.58. The largest absolute Gasteiger partial charge is 0.323 e. The lowest BCUT2D eigenvalue weighted by atomic mass is 9.97. The number of pyridine rings is 1. The molecule has 0 saturated heterocycles. The standard InChI is InChI=1S/C12H17ClN2/c13-10-5-6-12(15-8-10)11(14)7-9-3-1-2-4-9/h5-6,8-9,11H,1-4,7,14H2. The highest BCUT2D eigenvalue weighted by Gasteiger charge is 2.19. The predicted molar refractivity (Wildman–Crippen MR) is 62.8 cm³/mol. The van der Waals surface area contributed by atoms with Gasteiger partial charge in [-0.1, -0.05) is 37.3 Å². The van der Waals surface area contributed by atoms with E-state index in [0.29, 0.717) is 5.02 Å². The van der Waals surface area contributed by atoms with Crippen LogP contribution in [0.3, 0.4) is 0 Å². The second-order valence-electron chi connectivity index (χ2n) is 4.39. The Hall–Kier alpha value is -0.600. The van der Waals surface area contributed by atoms with E-state index < -0.39 is 0 Å². The van der Waals surface area contributed by atoms with E-state index in [1.165, 1.54) is 25.7 Å². The molecule has 0 radical (unpaired) electrons. The third kappa shape index (κ3) is 2.93. The van der Waals surface area contributed by atoms with Gasteiger partial charge < -0.3 is 5.73 Å². The van der Waals surface area contributed by atoms with Crippen LogP contribution in [0.2, 0.25) is 5.02 Å². The molecule has 1 aromatic rings. The summed E-state index contributed by atoms with van der Waals surface area (Å²) in [5.41, 5.74) is 7.08. The van der Waals surface area contributed by atoms with E-state index >= 15 is 0 Å². The van der Waals surface area contributed by atoms with E-state index in [4.69, 9.17) is 17.3 Å². The lowest BCUT2D eigenvalue weighted by Crippen LogP contribution is -2.15. The number of rotatable bonds is 3. The molecule has 15 heavy (non-hydrogen) atoms. The van der Waals surface area contributed by atoms with Crippen LogP contribution >= 0.6 is 11.6 Å². The van der Waals surface area contributed by atoms with Gasteiger partial charge in [0, 0.05) is 12.2 Å². The summed E-state index contributed by atoms with van der Waals surface area (Å²) in [7, 11) is 0. The number of hydrogen-bond acceptors (Lipinski definition) is 2. The van der Waals surface area contributed by atoms with Crippen LogP contribution in [0.5, 0.6) is 0 Å². The molecular formula is C12H17ClN2. The molecule has 2 nitrogen and oxygen atoms in total. The summed E-state index contributed by atoms with van der Waals surface area (Å²) >= 11 is 5.78. The fraction of sp³-hybridized carbons (Fsp3) is 0.583. The van der Waals surface area contributed by atoms with Crippen molar-refractivity contribution >= 4 is 11.6 Å². The van der Waals surface area contributed by atoms with E-state index in [0.717, 1.165) is 18.0 Å². The topological polar surface area (TPSA) is 38.9 Å². The van der Waals surface area contributed by atoms with Crippen molar-refractivity contribution in [1.29, 1.82) is 0 Å². The van der Waals surface area contributed by atoms with Crippen molar-refractivity contribution in [3.05, 3.63) is 29.0 Å². The van der Waals surface area contributed by atoms with E-state index in [2.05, 4.69) is 4.98 Å². The highest BCUT2D eigenvalue weighted by molar-refractivity contribution is 6.30. The van der Waals surface area contributed by atoms with Crippen LogP contribution in [0.25, 0.3) is 0 Å². The maximum atomic E-state index is 6.12. The maximum Gasteiger partial charge on any atom is 0.0589 e. The summed E-state index contributed by atoms with van der Waals surface area (Å²) in [6, 6.07) is 3.87. The van der Waals surface area contributed by atoms with Gasteiger partial charge in [-0.05, 0) is 24.5 Å². The Morgan fingerprint density at radius 3 is 2.73 bits per heavy atom. The summed E-state index contributed by atoms with van der Waals surface area (Å²) in [5.74, 6) is 0.803. The fourth-order valence-electron chi connectivity index (χ4n) is 2.33. The molecule has 0 aromatic carbocycles. The third-order valence-electron chi connectivity index (χ3n) is 3.19. The lowest BCUT2D eigenvalue weighted by Gasteiger charge is -2.15. The van der Waals surface area contributed by atoms with Gasteiger partial charge in [-0.15, -0.1) is 0 Å². The third-order valence-corrected chi connectivity index (χ3v) is 3.42. The average Bonchev–Trinajstić information content (AvgIpc) is 2.71. The van der Waals surface area contributed by atoms with Crippen molar-refractivity contribution in [1.82, 2.24) is 4.98 Å². The van der Waals surface area contributed by atoms with Gasteiger partial charge in [-0.25, -0.2) is 0 Å². The van der Waals surface area contributed by atoms with Gasteiger partial charge in [0.2, 0.25) is 0 Å². The number of hydrogen-bond donors (Lipinski definition) is 1. The van der Waals surface area contributed by atoms with Crippen LogP contribution in [0, 0.1) is 5.92 Å². The highest BCUT2D eigenvalue weighted by atomic mass is 35.5. The number of nitrogens with zero attached hydrogens (tertiary/aromatic N) is 1. The average molecular weight is 225 g/mol. The van der Waals surface area contributed by atoms with E-state index in [-0.39, 0.29) is 6.04 Å². The SMILES string of the molecule is NC(CC1CCCC1)c1ccc(Cl)cn1. The van der Waals surface area contributed by atoms with Gasteiger partial charge in [0.25, 0.3) is 0 Å². The second kappa shape index (κ2) is 4.95. The van der Waals surface area contributed by atoms with Gasteiger partial charge in [0.05, 0.1) is 10.7 Å². The van der Waals surface area contributed by atoms with Crippen molar-refractivity contribution in [3.8, 4) is 0 Å². The second-order valence-corrected chi connectivity index (χ2v) is 4.83. The highest BCUT2D eigenvalue weighted by Crippen LogP contribution is 2.31. The number of nitrogens with two attached hydrogens (primary N) is 1. The summed E-state index contributed by atoms with van der Waals surface area (Å²) in [6.45, 7) is 0. The molecule has 0 spiro atoms. The minimum Gasteiger partial charge on any atom is -0.323 e. The number of aromatic nitrogens is 1. The molecule has 82 valence electrons. The fourth-order valence-corrected chi connectivity index (χ4v) is 2.44. The van der Waals surface area contributed by atoms with Gasteiger partial charge in [-0.3, -0.25) is 4.98 Å². The van der Waals surface area contributed by atoms with Gasteiger partial charge in [0.15, 0.2) is 0 Å². The smallest absolute Gasteiger partial charge is 0.0589 e. The Bertz CT molecular complexity index is 304. The lowest BCUT2D eigenvalue weighted by molar-refractivity contribution is 0.446. The van der Waals surface area contributed by atoms with Crippen LogP contribution in [0.1, 0.15) is 43.8 Å². The molecule has 1 unspecified atom stereocenters. The quantitative estimate of drug-likeness (QED) is 0.856. The first-order valence-electron chi connectivity index (χ1n) is 5.63. The Morgan fingerprint density at radius 2 is 2.13 bits per heavy atom. The molecule has 1 heterocycles. The van der Waals surface area contributed by atoms with Crippen molar-refractivity contribution < 1.29 is 0 Å². The molecule has 1 atom stereocenters. The summed E-state index contributed by atoms with van der Waals surface area (Å²) < 4.78 is 0. The zero-order chi connectivity index (χ0) is 10.7. The monoisotopic (exact) mass is 224 g/mol. The van der Waals surface area contributed by atoms with Crippen molar-refractivity contribution in [2.45, 2.75) is 38.1 Å². The molecule has 1 saturated carbocycles. The Labute approximate surface area is 95.8 Å². The summed E-state index contributed by atoms with van der Waals surface area (Å²) in [6.07, 6.45) is 8.14. The zero-order valence-electron chi connectivity index (χ0n) is 8.82. The van der Waals surface area contributed by atoms with E-state index in [1.54, 1.807) is 6.20 Å². The first kappa shape index (κ1) is 10.9. The van der Waals surface area contributed by atoms with Crippen molar-refractivity contribution in [2.24, 2.45) is 11.7 Å². The molecule has 0 amide bonds. The molecule has 1 aromatic heterocycles. The molecule has 1 aliphatic carbocycles. The van der Waals surface area contributed by atoms with E-state index in [9.17, 15) is 0 Å². The van der Waals surface area contributed by atoms with Crippen LogP contribution in [0.15, 0.2) is 18.3 Å². The molecule has 2 N–H and O–H groups in total. The molecule has 3 heteroatoms. The van der Waals surface area contributed by atoms with Gasteiger partial charge in [-0.2, -0.15) is 0 Å². The summed E-state index contributed by atoms with van der Waals surface area (Å²) in [4.78, 5) is 4.26. The first-order chi connectivity index (χ1) is 7.25. The van der Waals surface area contributed by atoms with Crippen LogP contribution in [-0.4, -0.2) is 4.98 Å². The minimum atomic E-state index is 0.0744. The Kier molecular flexibility index (Phi) is 3.60. The molecule has 1 aliphatic rings. The van der Waals surface area contributed by atoms with E-state index in [1.807, 2.05) is 12.1 Å². The number of halogens is 1. The normalized spacial score (nSPS) is 19.3. The van der Waals surface area contributed by atoms with Crippen molar-refractivity contribution in [2.75, 3.05) is 0 Å². The van der Waals surface area contributed by atoms with Crippen LogP contribution < -0.4 is 5.73 Å². The van der Waals surface area contributed by atoms with Gasteiger partial charge in [0.1, 0.15) is 0 Å². The predicted octanol–water partition coefficient (Wildman–Crippen LogP) is 3.32. The molecule has 0 bridgehead atoms. The van der Waals surface area contributed by atoms with Crippen LogP contribution in [0.4, 0.5) is 0 Å². The maximum absolute atomic E-state index is 6.12. The van der Waals surface area contributed by atoms with Crippen LogP contribution in [-0.2, 0) is 0 Å². The minimum absolute atomic E-state index is 0.0744. The Balaban J connectivity index is 1.94.